The van der Waals surface area contributed by atoms with Crippen LogP contribution in [0.5, 0.6) is 11.5 Å². The number of fused-ring (bicyclic) bond motifs is 1. The Morgan fingerprint density at radius 2 is 2.00 bits per heavy atom. The molecule has 1 aliphatic heterocycles. The van der Waals surface area contributed by atoms with Crippen molar-refractivity contribution in [3.63, 3.8) is 0 Å². The van der Waals surface area contributed by atoms with E-state index >= 15 is 0 Å². The molecule has 6 nitrogen and oxygen atoms in total. The van der Waals surface area contributed by atoms with Gasteiger partial charge in [0.25, 0.3) is 0 Å². The minimum Gasteiger partial charge on any atom is -0.486 e. The molecular formula is C16H16N2O4. The van der Waals surface area contributed by atoms with Crippen molar-refractivity contribution in [3.05, 3.63) is 29.8 Å². The first-order valence-corrected chi connectivity index (χ1v) is 6.75. The summed E-state index contributed by atoms with van der Waals surface area (Å²) in [6.07, 6.45) is 7.99. The summed E-state index contributed by atoms with van der Waals surface area (Å²) in [5.41, 5.74) is 0.802. The molecule has 0 saturated carbocycles. The van der Waals surface area contributed by atoms with Crippen LogP contribution in [0, 0.1) is 12.3 Å². The topological polar surface area (TPSA) is 76.7 Å². The van der Waals surface area contributed by atoms with Crippen LogP contribution >= 0.6 is 0 Å². The van der Waals surface area contributed by atoms with Gasteiger partial charge in [0.1, 0.15) is 13.2 Å². The average molecular weight is 300 g/mol. The van der Waals surface area contributed by atoms with Crippen LogP contribution in [0.2, 0.25) is 0 Å². The molecule has 22 heavy (non-hydrogen) atoms. The van der Waals surface area contributed by atoms with Crippen molar-refractivity contribution in [2.75, 3.05) is 26.3 Å². The van der Waals surface area contributed by atoms with Gasteiger partial charge < -0.3 is 20.1 Å². The maximum atomic E-state index is 11.6. The van der Waals surface area contributed by atoms with E-state index in [1.54, 1.807) is 18.2 Å². The van der Waals surface area contributed by atoms with Gasteiger partial charge in [-0.05, 0) is 23.8 Å². The largest absolute Gasteiger partial charge is 0.486 e. The van der Waals surface area contributed by atoms with E-state index in [4.69, 9.17) is 15.9 Å². The molecular weight excluding hydrogens is 284 g/mol. The van der Waals surface area contributed by atoms with Gasteiger partial charge >= 0.3 is 0 Å². The molecule has 0 fully saturated rings. The van der Waals surface area contributed by atoms with Gasteiger partial charge in [0.05, 0.1) is 13.1 Å². The van der Waals surface area contributed by atoms with Crippen molar-refractivity contribution in [3.8, 4) is 23.8 Å². The summed E-state index contributed by atoms with van der Waals surface area (Å²) in [5.74, 6) is 2.92. The van der Waals surface area contributed by atoms with Crippen molar-refractivity contribution in [1.29, 1.82) is 0 Å². The molecule has 0 radical (unpaired) electrons. The molecule has 0 aromatic heterocycles. The van der Waals surface area contributed by atoms with E-state index in [2.05, 4.69) is 16.6 Å². The number of carbonyl (C=O) groups excluding carboxylic acids is 2. The first-order chi connectivity index (χ1) is 10.7. The highest BCUT2D eigenvalue weighted by Crippen LogP contribution is 2.30. The predicted molar refractivity (Wildman–Crippen MR) is 81.3 cm³/mol. The Morgan fingerprint density at radius 3 is 2.77 bits per heavy atom. The number of terminal acetylenes is 1. The zero-order valence-corrected chi connectivity index (χ0v) is 11.9. The highest BCUT2D eigenvalue weighted by Gasteiger charge is 2.10. The minimum absolute atomic E-state index is 0.119. The van der Waals surface area contributed by atoms with Gasteiger partial charge in [-0.25, -0.2) is 0 Å². The smallest absolute Gasteiger partial charge is 0.244 e. The molecule has 1 aromatic carbocycles. The van der Waals surface area contributed by atoms with E-state index in [0.717, 1.165) is 5.56 Å². The number of benzene rings is 1. The van der Waals surface area contributed by atoms with Gasteiger partial charge in [-0.1, -0.05) is 12.0 Å². The number of amides is 2. The molecule has 2 N–H and O–H groups in total. The number of nitrogens with one attached hydrogen (secondary N) is 2. The van der Waals surface area contributed by atoms with Crippen LogP contribution in [0.1, 0.15) is 5.56 Å². The first-order valence-electron chi connectivity index (χ1n) is 6.75. The molecule has 0 atom stereocenters. The molecule has 0 aliphatic carbocycles. The van der Waals surface area contributed by atoms with Crippen molar-refractivity contribution in [2.24, 2.45) is 0 Å². The van der Waals surface area contributed by atoms with Crippen LogP contribution < -0.4 is 20.1 Å². The molecule has 2 rings (SSSR count). The second-order valence-corrected chi connectivity index (χ2v) is 4.44. The Balaban J connectivity index is 1.85. The lowest BCUT2D eigenvalue weighted by Crippen LogP contribution is -2.36. The second-order valence-electron chi connectivity index (χ2n) is 4.44. The molecule has 1 aromatic rings. The van der Waals surface area contributed by atoms with E-state index in [1.807, 2.05) is 6.07 Å². The lowest BCUT2D eigenvalue weighted by Gasteiger charge is -2.18. The lowest BCUT2D eigenvalue weighted by molar-refractivity contribution is -0.123. The number of hydrogen-bond donors (Lipinski definition) is 2. The van der Waals surface area contributed by atoms with E-state index < -0.39 is 0 Å². The maximum Gasteiger partial charge on any atom is 0.244 e. The standard InChI is InChI=1S/C16H16N2O4/c1-2-7-17-16(20)11-18-15(19)6-4-12-3-5-13-14(10-12)22-9-8-21-13/h1,3-6,10H,7-9,11H2,(H,17,20)(H,18,19). The molecule has 0 bridgehead atoms. The Morgan fingerprint density at radius 1 is 1.23 bits per heavy atom. The monoisotopic (exact) mass is 300 g/mol. The van der Waals surface area contributed by atoms with Gasteiger partial charge in [0.2, 0.25) is 11.8 Å². The third-order valence-electron chi connectivity index (χ3n) is 2.80. The SMILES string of the molecule is C#CCNC(=O)CNC(=O)C=Cc1ccc2c(c1)OCCO2. The highest BCUT2D eigenvalue weighted by atomic mass is 16.6. The molecule has 114 valence electrons. The summed E-state index contributed by atoms with van der Waals surface area (Å²) in [5, 5.41) is 4.91. The van der Waals surface area contributed by atoms with Crippen LogP contribution in [0.15, 0.2) is 24.3 Å². The first kappa shape index (κ1) is 15.4. The third kappa shape index (κ3) is 4.56. The molecule has 1 aliphatic rings. The average Bonchev–Trinajstić information content (AvgIpc) is 2.56. The Kier molecular flexibility index (Phi) is 5.44. The molecule has 2 amide bonds. The van der Waals surface area contributed by atoms with Gasteiger partial charge in [-0.3, -0.25) is 9.59 Å². The Labute approximate surface area is 128 Å². The van der Waals surface area contributed by atoms with Crippen LogP contribution in [0.3, 0.4) is 0 Å². The molecule has 0 unspecified atom stereocenters. The summed E-state index contributed by atoms with van der Waals surface area (Å²) in [6.45, 7) is 1.06. The quantitative estimate of drug-likeness (QED) is 0.607. The fourth-order valence-electron chi connectivity index (χ4n) is 1.77. The van der Waals surface area contributed by atoms with E-state index in [-0.39, 0.29) is 24.9 Å². The summed E-state index contributed by atoms with van der Waals surface area (Å²) in [6, 6.07) is 5.40. The summed E-state index contributed by atoms with van der Waals surface area (Å²) in [7, 11) is 0. The molecule has 6 heteroatoms. The predicted octanol–water partition coefficient (Wildman–Crippen LogP) is 0.337. The van der Waals surface area contributed by atoms with E-state index in [0.29, 0.717) is 24.7 Å². The van der Waals surface area contributed by atoms with Gasteiger partial charge in [0.15, 0.2) is 11.5 Å². The number of ether oxygens (including phenoxy) is 2. The minimum atomic E-state index is -0.370. The summed E-state index contributed by atoms with van der Waals surface area (Å²) < 4.78 is 10.9. The van der Waals surface area contributed by atoms with Crippen LogP contribution in [0.25, 0.3) is 6.08 Å². The second kappa shape index (κ2) is 7.74. The van der Waals surface area contributed by atoms with Gasteiger partial charge in [0, 0.05) is 6.08 Å². The van der Waals surface area contributed by atoms with E-state index in [9.17, 15) is 9.59 Å². The fourth-order valence-corrected chi connectivity index (χ4v) is 1.77. The van der Waals surface area contributed by atoms with Crippen molar-refractivity contribution >= 4 is 17.9 Å². The van der Waals surface area contributed by atoms with Crippen molar-refractivity contribution < 1.29 is 19.1 Å². The fraction of sp³-hybridized carbons (Fsp3) is 0.250. The number of hydrogen-bond acceptors (Lipinski definition) is 4. The van der Waals surface area contributed by atoms with Crippen LogP contribution in [-0.2, 0) is 9.59 Å². The third-order valence-corrected chi connectivity index (χ3v) is 2.80. The molecule has 0 spiro atoms. The molecule has 0 saturated heterocycles. The van der Waals surface area contributed by atoms with E-state index in [1.165, 1.54) is 6.08 Å². The van der Waals surface area contributed by atoms with Crippen LogP contribution in [0.4, 0.5) is 0 Å². The van der Waals surface area contributed by atoms with Crippen molar-refractivity contribution in [2.45, 2.75) is 0 Å². The molecule has 1 heterocycles. The van der Waals surface area contributed by atoms with Crippen molar-refractivity contribution in [1.82, 2.24) is 10.6 Å². The Hall–Kier alpha value is -2.94. The maximum absolute atomic E-state index is 11.6. The number of rotatable bonds is 5. The summed E-state index contributed by atoms with van der Waals surface area (Å²) >= 11 is 0. The zero-order chi connectivity index (χ0) is 15.8. The zero-order valence-electron chi connectivity index (χ0n) is 11.9. The normalized spacial score (nSPS) is 12.5. The summed E-state index contributed by atoms with van der Waals surface area (Å²) in [4.78, 5) is 22.9. The number of carbonyl (C=O) groups is 2. The van der Waals surface area contributed by atoms with Gasteiger partial charge in [-0.2, -0.15) is 0 Å². The Bertz CT molecular complexity index is 632. The highest BCUT2D eigenvalue weighted by molar-refractivity contribution is 5.94. The van der Waals surface area contributed by atoms with Gasteiger partial charge in [-0.15, -0.1) is 6.42 Å². The van der Waals surface area contributed by atoms with Crippen LogP contribution in [-0.4, -0.2) is 38.1 Å². The lowest BCUT2D eigenvalue weighted by atomic mass is 10.2.